The van der Waals surface area contributed by atoms with Gasteiger partial charge in [0, 0.05) is 18.1 Å². The first kappa shape index (κ1) is 17.8. The van der Waals surface area contributed by atoms with Crippen molar-refractivity contribution >= 4 is 10.9 Å². The van der Waals surface area contributed by atoms with E-state index >= 15 is 0 Å². The van der Waals surface area contributed by atoms with E-state index in [2.05, 4.69) is 10.3 Å². The van der Waals surface area contributed by atoms with Crippen LogP contribution in [0.5, 0.6) is 11.5 Å². The van der Waals surface area contributed by atoms with Crippen LogP contribution in [0.2, 0.25) is 0 Å². The van der Waals surface area contributed by atoms with E-state index < -0.39 is 11.7 Å². The van der Waals surface area contributed by atoms with E-state index in [0.29, 0.717) is 18.0 Å². The van der Waals surface area contributed by atoms with Crippen molar-refractivity contribution in [1.29, 1.82) is 0 Å². The molecule has 3 nitrogen and oxygen atoms in total. The number of hydrogen-bond donors (Lipinski definition) is 1. The Labute approximate surface area is 149 Å². The van der Waals surface area contributed by atoms with Gasteiger partial charge in [-0.15, -0.1) is 0 Å². The van der Waals surface area contributed by atoms with Gasteiger partial charge in [-0.05, 0) is 61.2 Å². The van der Waals surface area contributed by atoms with Gasteiger partial charge in [0.1, 0.15) is 11.5 Å². The highest BCUT2D eigenvalue weighted by atomic mass is 19.4. The van der Waals surface area contributed by atoms with Crippen LogP contribution in [-0.2, 0) is 12.7 Å². The smallest absolute Gasteiger partial charge is 0.416 e. The monoisotopic (exact) mass is 358 g/mol. The Hall–Kier alpha value is -3.02. The second-order valence-corrected chi connectivity index (χ2v) is 5.63. The molecule has 0 bridgehead atoms. The number of alkyl halides is 3. The average molecular weight is 358 g/mol. The third kappa shape index (κ3) is 3.96. The molecule has 1 aromatic heterocycles. The van der Waals surface area contributed by atoms with Crippen LogP contribution < -0.4 is 10.1 Å². The molecule has 26 heavy (non-hydrogen) atoms. The Balaban J connectivity index is 1.90. The van der Waals surface area contributed by atoms with Crippen molar-refractivity contribution in [3.8, 4) is 11.5 Å². The maximum atomic E-state index is 12.7. The van der Waals surface area contributed by atoms with Crippen molar-refractivity contribution in [1.82, 2.24) is 10.3 Å². The van der Waals surface area contributed by atoms with Crippen molar-refractivity contribution in [2.75, 3.05) is 0 Å². The Kier molecular flexibility index (Phi) is 5.11. The zero-order valence-electron chi connectivity index (χ0n) is 14.0. The topological polar surface area (TPSA) is 34.1 Å². The van der Waals surface area contributed by atoms with E-state index in [0.717, 1.165) is 28.6 Å². The van der Waals surface area contributed by atoms with Gasteiger partial charge in [-0.25, -0.2) is 0 Å². The molecule has 3 aromatic rings. The quantitative estimate of drug-likeness (QED) is 0.638. The maximum Gasteiger partial charge on any atom is 0.416 e. The largest absolute Gasteiger partial charge is 0.457 e. The molecule has 3 rings (SSSR count). The van der Waals surface area contributed by atoms with Crippen LogP contribution in [0.1, 0.15) is 18.1 Å². The van der Waals surface area contributed by atoms with E-state index in [1.54, 1.807) is 18.3 Å². The number of halogens is 3. The first-order valence-electron chi connectivity index (χ1n) is 8.05. The molecular formula is C20H17F3N2O. The Morgan fingerprint density at radius 3 is 2.54 bits per heavy atom. The van der Waals surface area contributed by atoms with Crippen LogP contribution in [0.4, 0.5) is 13.2 Å². The van der Waals surface area contributed by atoms with E-state index in [9.17, 15) is 13.2 Å². The molecule has 0 unspecified atom stereocenters. The fourth-order valence-electron chi connectivity index (χ4n) is 2.56. The van der Waals surface area contributed by atoms with E-state index in [1.165, 1.54) is 12.1 Å². The summed E-state index contributed by atoms with van der Waals surface area (Å²) in [5.41, 5.74) is 1.08. The highest BCUT2D eigenvalue weighted by Gasteiger charge is 2.30. The Bertz CT molecular complexity index is 918. The fraction of sp³-hybridized carbons (Fsp3) is 0.150. The van der Waals surface area contributed by atoms with Crippen molar-refractivity contribution in [3.05, 3.63) is 78.1 Å². The normalized spacial score (nSPS) is 11.8. The number of aromatic nitrogens is 1. The summed E-state index contributed by atoms with van der Waals surface area (Å²) in [4.78, 5) is 4.42. The Morgan fingerprint density at radius 1 is 1.08 bits per heavy atom. The van der Waals surface area contributed by atoms with Gasteiger partial charge >= 0.3 is 6.18 Å². The van der Waals surface area contributed by atoms with Gasteiger partial charge in [-0.3, -0.25) is 4.98 Å². The van der Waals surface area contributed by atoms with Gasteiger partial charge in [0.25, 0.3) is 0 Å². The summed E-state index contributed by atoms with van der Waals surface area (Å²) in [6.45, 7) is 2.53. The third-order valence-electron chi connectivity index (χ3n) is 3.80. The molecular weight excluding hydrogens is 341 g/mol. The fourth-order valence-corrected chi connectivity index (χ4v) is 2.56. The number of allylic oxidation sites excluding steroid dienone is 1. The molecule has 134 valence electrons. The van der Waals surface area contributed by atoms with Crippen molar-refractivity contribution in [2.45, 2.75) is 19.6 Å². The molecule has 0 saturated heterocycles. The number of pyridine rings is 1. The summed E-state index contributed by atoms with van der Waals surface area (Å²) in [5.74, 6) is 0.880. The van der Waals surface area contributed by atoms with Crippen LogP contribution in [0.3, 0.4) is 0 Å². The van der Waals surface area contributed by atoms with Crippen LogP contribution in [0, 0.1) is 0 Å². The molecule has 0 radical (unpaired) electrons. The molecule has 0 aliphatic carbocycles. The van der Waals surface area contributed by atoms with Gasteiger partial charge in [-0.1, -0.05) is 12.1 Å². The van der Waals surface area contributed by atoms with E-state index in [1.807, 2.05) is 31.3 Å². The summed E-state index contributed by atoms with van der Waals surface area (Å²) in [5, 5.41) is 3.96. The number of rotatable bonds is 5. The average Bonchev–Trinajstić information content (AvgIpc) is 2.63. The molecule has 1 N–H and O–H groups in total. The second kappa shape index (κ2) is 7.47. The second-order valence-electron chi connectivity index (χ2n) is 5.63. The highest BCUT2D eigenvalue weighted by Crippen LogP contribution is 2.34. The van der Waals surface area contributed by atoms with Crippen LogP contribution >= 0.6 is 0 Å². The zero-order valence-corrected chi connectivity index (χ0v) is 14.0. The third-order valence-corrected chi connectivity index (χ3v) is 3.80. The minimum atomic E-state index is -4.36. The molecule has 0 spiro atoms. The molecule has 1 heterocycles. The lowest BCUT2D eigenvalue weighted by molar-refractivity contribution is -0.137. The zero-order chi connectivity index (χ0) is 18.6. The number of fused-ring (bicyclic) bond motifs is 1. The summed E-state index contributed by atoms with van der Waals surface area (Å²) in [6, 6.07) is 12.0. The molecule has 0 amide bonds. The first-order valence-corrected chi connectivity index (χ1v) is 8.05. The lowest BCUT2D eigenvalue weighted by atomic mass is 10.1. The van der Waals surface area contributed by atoms with E-state index in [-0.39, 0.29) is 0 Å². The van der Waals surface area contributed by atoms with Gasteiger partial charge in [0.05, 0.1) is 11.1 Å². The van der Waals surface area contributed by atoms with Gasteiger partial charge in [-0.2, -0.15) is 13.2 Å². The van der Waals surface area contributed by atoms with Gasteiger partial charge in [0.15, 0.2) is 0 Å². The van der Waals surface area contributed by atoms with E-state index in [4.69, 9.17) is 4.74 Å². The summed E-state index contributed by atoms with van der Waals surface area (Å²) in [7, 11) is 0. The van der Waals surface area contributed by atoms with Crippen LogP contribution in [0.25, 0.3) is 10.9 Å². The number of ether oxygens (including phenoxy) is 1. The molecule has 0 fully saturated rings. The summed E-state index contributed by atoms with van der Waals surface area (Å²) in [6.07, 6.45) is 1.08. The summed E-state index contributed by atoms with van der Waals surface area (Å²) < 4.78 is 43.8. The predicted octanol–water partition coefficient (Wildman–Crippen LogP) is 5.67. The first-order chi connectivity index (χ1) is 12.5. The Morgan fingerprint density at radius 2 is 1.85 bits per heavy atom. The molecule has 0 aliphatic rings. The number of benzene rings is 2. The molecule has 0 saturated carbocycles. The SMILES string of the molecule is CC=CNCc1ccc(Oc2ccc(C(F)(F)F)cc2)c2cccnc12. The molecule has 6 heteroatoms. The van der Waals surface area contributed by atoms with Crippen molar-refractivity contribution in [2.24, 2.45) is 0 Å². The summed E-state index contributed by atoms with van der Waals surface area (Å²) >= 11 is 0. The molecule has 0 aliphatic heterocycles. The lowest BCUT2D eigenvalue weighted by Gasteiger charge is -2.13. The van der Waals surface area contributed by atoms with Crippen LogP contribution in [0.15, 0.2) is 67.0 Å². The number of nitrogens with zero attached hydrogens (tertiary/aromatic N) is 1. The minimum Gasteiger partial charge on any atom is -0.457 e. The maximum absolute atomic E-state index is 12.7. The lowest BCUT2D eigenvalue weighted by Crippen LogP contribution is -2.05. The van der Waals surface area contributed by atoms with Crippen LogP contribution in [-0.4, -0.2) is 4.98 Å². The predicted molar refractivity (Wildman–Crippen MR) is 94.9 cm³/mol. The van der Waals surface area contributed by atoms with Gasteiger partial charge in [0.2, 0.25) is 0 Å². The van der Waals surface area contributed by atoms with Gasteiger partial charge < -0.3 is 10.1 Å². The van der Waals surface area contributed by atoms with Crippen molar-refractivity contribution < 1.29 is 17.9 Å². The highest BCUT2D eigenvalue weighted by molar-refractivity contribution is 5.88. The number of nitrogens with one attached hydrogen (secondary N) is 1. The number of hydrogen-bond acceptors (Lipinski definition) is 3. The molecule has 0 atom stereocenters. The van der Waals surface area contributed by atoms with Crippen molar-refractivity contribution in [3.63, 3.8) is 0 Å². The molecule has 2 aromatic carbocycles. The standard InChI is InChI=1S/C20H17F3N2O/c1-2-11-24-13-14-5-10-18(17-4-3-12-25-19(14)17)26-16-8-6-15(7-9-16)20(21,22)23/h2-12,24H,13H2,1H3. The minimum absolute atomic E-state index is 0.336.